The summed E-state index contributed by atoms with van der Waals surface area (Å²) in [4.78, 5) is 75.4. The molecular formula is C49H59N7O11. The van der Waals surface area contributed by atoms with Gasteiger partial charge in [-0.25, -0.2) is 9.69 Å². The van der Waals surface area contributed by atoms with Crippen LogP contribution in [-0.2, 0) is 20.9 Å². The molecule has 0 unspecified atom stereocenters. The first kappa shape index (κ1) is 48.0. The third-order valence-corrected chi connectivity index (χ3v) is 12.1. The van der Waals surface area contributed by atoms with E-state index in [1.54, 1.807) is 60.6 Å². The molecule has 18 nitrogen and oxygen atoms in total. The van der Waals surface area contributed by atoms with Crippen molar-refractivity contribution in [2.75, 3.05) is 37.7 Å². The summed E-state index contributed by atoms with van der Waals surface area (Å²) in [6.45, 7) is 9.46. The highest BCUT2D eigenvalue weighted by Crippen LogP contribution is 2.43. The van der Waals surface area contributed by atoms with Crippen LogP contribution in [-0.4, -0.2) is 109 Å². The molecule has 0 spiro atoms. The Hall–Kier alpha value is -6.92. The van der Waals surface area contributed by atoms with E-state index < -0.39 is 48.2 Å². The molecule has 0 aliphatic carbocycles. The van der Waals surface area contributed by atoms with E-state index in [1.165, 1.54) is 31.3 Å². The van der Waals surface area contributed by atoms with Crippen LogP contribution < -0.4 is 40.2 Å². The highest BCUT2D eigenvalue weighted by Gasteiger charge is 2.45. The van der Waals surface area contributed by atoms with Crippen LogP contribution in [0.2, 0.25) is 0 Å². The van der Waals surface area contributed by atoms with Crippen LogP contribution in [0.25, 0.3) is 0 Å². The fourth-order valence-electron chi connectivity index (χ4n) is 8.25. The molecule has 0 radical (unpaired) electrons. The maximum Gasteiger partial charge on any atom is 0.416 e. The van der Waals surface area contributed by atoms with Gasteiger partial charge in [0, 0.05) is 36.4 Å². The summed E-state index contributed by atoms with van der Waals surface area (Å²) in [5, 5.41) is 17.2. The average molecular weight is 922 g/mol. The molecule has 0 saturated heterocycles. The van der Waals surface area contributed by atoms with Gasteiger partial charge in [0.1, 0.15) is 12.6 Å². The average Bonchev–Trinajstić information content (AvgIpc) is 3.85. The zero-order valence-electron chi connectivity index (χ0n) is 38.9. The minimum absolute atomic E-state index is 0.0912. The number of rotatable bonds is 17. The Bertz CT molecular complexity index is 2490. The first-order chi connectivity index (χ1) is 32.1. The minimum Gasteiger partial charge on any atom is -0.493 e. The number of benzene rings is 3. The molecule has 7 rings (SSSR count). The molecule has 4 aliphatic heterocycles. The Morgan fingerprint density at radius 3 is 2.07 bits per heavy atom. The van der Waals surface area contributed by atoms with Crippen molar-refractivity contribution in [3.05, 3.63) is 88.8 Å². The topological polar surface area (TPSA) is 224 Å². The van der Waals surface area contributed by atoms with E-state index >= 15 is 0 Å². The van der Waals surface area contributed by atoms with Gasteiger partial charge in [-0.1, -0.05) is 37.1 Å². The van der Waals surface area contributed by atoms with E-state index in [1.807, 2.05) is 33.9 Å². The van der Waals surface area contributed by atoms with Gasteiger partial charge in [-0.2, -0.15) is 0 Å². The summed E-state index contributed by atoms with van der Waals surface area (Å²) in [5.74, 6) is -0.0775. The molecule has 5 N–H and O–H groups in total. The van der Waals surface area contributed by atoms with Crippen molar-refractivity contribution in [1.82, 2.24) is 15.1 Å². The second-order valence-electron chi connectivity index (χ2n) is 17.5. The molecule has 0 saturated carbocycles. The fraction of sp³-hybridized carbons (Fsp3) is 0.429. The highest BCUT2D eigenvalue weighted by molar-refractivity contribution is 6.07. The number of fused-ring (bicyclic) bond motifs is 4. The SMILES string of the molecule is COc1cc2c(cc1OCCCCCOc1cc3c(cc1OC)C(=O)N1C=C(C)C[C@H]1[C@H](O)N3C(=O)OCc1ccc(NC(=O)[C@@H](C)NC(=O)[C@H](N)C(C)C)cc1)N=C[C@@H]1CC(C)=CN1C2=O. The zero-order chi connectivity index (χ0) is 48.1. The minimum atomic E-state index is -1.48. The van der Waals surface area contributed by atoms with Gasteiger partial charge < -0.3 is 55.0 Å². The zero-order valence-corrected chi connectivity index (χ0v) is 38.9. The standard InChI is InChI=1S/C49H59N7O11/c1-27(2)43(50)45(58)52-30(5)44(57)53-32-13-11-31(12-14-32)26-67-49(62)56-37-22-42(40(64-7)20-35(37)47(60)55-25-29(4)18-38(55)48(56)61)66-16-10-8-9-15-65-41-21-36-34(19-39(41)63-6)46(59)54-24-28(3)17-33(54)23-51-36/h11-14,19-25,27,30,33,38,43,48,61H,8-10,15-18,26,50H2,1-7H3,(H,52,58)(H,53,57)/t30-,33+,38+,43-,48+/m1/s1. The summed E-state index contributed by atoms with van der Waals surface area (Å²) >= 11 is 0. The van der Waals surface area contributed by atoms with E-state index in [-0.39, 0.29) is 53.8 Å². The maximum absolute atomic E-state index is 14.0. The molecule has 3 aromatic rings. The lowest BCUT2D eigenvalue weighted by Crippen LogP contribution is -2.50. The molecule has 4 aliphatic rings. The normalized spacial score (nSPS) is 19.2. The number of amides is 5. The number of aliphatic hydroxyl groups is 1. The van der Waals surface area contributed by atoms with Gasteiger partial charge in [-0.3, -0.25) is 24.2 Å². The lowest BCUT2D eigenvalue weighted by atomic mass is 10.0. The van der Waals surface area contributed by atoms with Crippen LogP contribution in [0.15, 0.2) is 77.1 Å². The second-order valence-corrected chi connectivity index (χ2v) is 17.5. The lowest BCUT2D eigenvalue weighted by molar-refractivity contribution is -0.127. The first-order valence-electron chi connectivity index (χ1n) is 22.4. The van der Waals surface area contributed by atoms with Crippen molar-refractivity contribution in [3.8, 4) is 23.0 Å². The maximum atomic E-state index is 14.0. The molecule has 4 heterocycles. The van der Waals surface area contributed by atoms with E-state index in [0.717, 1.165) is 28.9 Å². The molecule has 0 aromatic heterocycles. The number of nitrogens with one attached hydrogen (secondary N) is 2. The Morgan fingerprint density at radius 1 is 0.806 bits per heavy atom. The number of carbonyl (C=O) groups excluding carboxylic acids is 5. The van der Waals surface area contributed by atoms with Gasteiger partial charge in [0.15, 0.2) is 29.2 Å². The number of nitrogens with two attached hydrogens (primary N) is 1. The molecular weight excluding hydrogens is 863 g/mol. The lowest BCUT2D eigenvalue weighted by Gasteiger charge is -2.31. The number of carbonyl (C=O) groups is 5. The molecule has 5 amide bonds. The van der Waals surface area contributed by atoms with Crippen molar-refractivity contribution in [3.63, 3.8) is 0 Å². The monoisotopic (exact) mass is 921 g/mol. The largest absolute Gasteiger partial charge is 0.493 e. The van der Waals surface area contributed by atoms with Crippen molar-refractivity contribution in [2.45, 2.75) is 104 Å². The van der Waals surface area contributed by atoms with Crippen molar-refractivity contribution in [2.24, 2.45) is 16.6 Å². The summed E-state index contributed by atoms with van der Waals surface area (Å²) in [6.07, 6.45) is 6.03. The van der Waals surface area contributed by atoms with Crippen LogP contribution in [0, 0.1) is 5.92 Å². The number of aliphatic imine (C=N–C) groups is 1. The smallest absolute Gasteiger partial charge is 0.416 e. The molecule has 0 fully saturated rings. The number of aliphatic hydroxyl groups excluding tert-OH is 1. The Morgan fingerprint density at radius 2 is 1.42 bits per heavy atom. The van der Waals surface area contributed by atoms with Crippen LogP contribution in [0.4, 0.5) is 21.9 Å². The van der Waals surface area contributed by atoms with Gasteiger partial charge in [0.05, 0.1) is 68.1 Å². The van der Waals surface area contributed by atoms with E-state index in [9.17, 15) is 29.1 Å². The summed E-state index contributed by atoms with van der Waals surface area (Å²) < 4.78 is 29.3. The molecule has 5 atom stereocenters. The van der Waals surface area contributed by atoms with E-state index in [2.05, 4.69) is 15.6 Å². The fourth-order valence-corrected chi connectivity index (χ4v) is 8.25. The molecule has 356 valence electrons. The van der Waals surface area contributed by atoms with Gasteiger partial charge >= 0.3 is 6.09 Å². The number of methoxy groups -OCH3 is 2. The van der Waals surface area contributed by atoms with E-state index in [4.69, 9.17) is 29.4 Å². The summed E-state index contributed by atoms with van der Waals surface area (Å²) in [6, 6.07) is 10.5. The second kappa shape index (κ2) is 20.7. The summed E-state index contributed by atoms with van der Waals surface area (Å²) in [5.41, 5.74) is 10.1. The highest BCUT2D eigenvalue weighted by atomic mass is 16.6. The third-order valence-electron chi connectivity index (χ3n) is 12.1. The number of ether oxygens (including phenoxy) is 5. The van der Waals surface area contributed by atoms with Crippen molar-refractivity contribution in [1.29, 1.82) is 0 Å². The Balaban J connectivity index is 0.975. The van der Waals surface area contributed by atoms with Crippen LogP contribution in [0.3, 0.4) is 0 Å². The van der Waals surface area contributed by atoms with Crippen LogP contribution >= 0.6 is 0 Å². The Labute approximate surface area is 389 Å². The van der Waals surface area contributed by atoms with Gasteiger partial charge in [-0.05, 0) is 88.6 Å². The van der Waals surface area contributed by atoms with Crippen LogP contribution in [0.5, 0.6) is 23.0 Å². The molecule has 0 bridgehead atoms. The van der Waals surface area contributed by atoms with Crippen molar-refractivity contribution >= 4 is 53.0 Å². The summed E-state index contributed by atoms with van der Waals surface area (Å²) in [7, 11) is 2.98. The van der Waals surface area contributed by atoms with Crippen LogP contribution in [0.1, 0.15) is 93.0 Å². The molecule has 3 aromatic carbocycles. The quantitative estimate of drug-likeness (QED) is 0.111. The number of nitrogens with zero attached hydrogens (tertiary/aromatic N) is 4. The number of hydrogen-bond donors (Lipinski definition) is 4. The molecule has 67 heavy (non-hydrogen) atoms. The predicted octanol–water partition coefficient (Wildman–Crippen LogP) is 6.19. The first-order valence-corrected chi connectivity index (χ1v) is 22.4. The third kappa shape index (κ3) is 10.5. The number of anilines is 2. The predicted molar refractivity (Wildman–Crippen MR) is 250 cm³/mol. The Kier molecular flexibility index (Phi) is 14.9. The van der Waals surface area contributed by atoms with Gasteiger partial charge in [-0.15, -0.1) is 0 Å². The number of hydrogen-bond acceptors (Lipinski definition) is 13. The number of unbranched alkanes of at least 4 members (excludes halogenated alkanes) is 2. The molecule has 18 heteroatoms. The van der Waals surface area contributed by atoms with Gasteiger partial charge in [0.2, 0.25) is 11.8 Å². The van der Waals surface area contributed by atoms with Crippen molar-refractivity contribution < 1.29 is 52.8 Å². The van der Waals surface area contributed by atoms with E-state index in [0.29, 0.717) is 59.9 Å². The van der Waals surface area contributed by atoms with Gasteiger partial charge in [0.25, 0.3) is 11.8 Å².